The van der Waals surface area contributed by atoms with Crippen LogP contribution in [-0.4, -0.2) is 38.1 Å². The quantitative estimate of drug-likeness (QED) is 0.792. The number of nitrogens with zero attached hydrogens (tertiary/aromatic N) is 3. The summed E-state index contributed by atoms with van der Waals surface area (Å²) in [6.07, 6.45) is 1.20. The van der Waals surface area contributed by atoms with Crippen molar-refractivity contribution in [2.75, 3.05) is 5.32 Å². The minimum atomic E-state index is -1.20. The lowest BCUT2D eigenvalue weighted by molar-refractivity contribution is -0.116. The maximum Gasteiger partial charge on any atom is 0.358 e. The summed E-state index contributed by atoms with van der Waals surface area (Å²) in [5, 5.41) is 18.5. The first-order chi connectivity index (χ1) is 10.8. The van der Waals surface area contributed by atoms with Gasteiger partial charge in [0.05, 0.1) is 12.3 Å². The molecule has 23 heavy (non-hydrogen) atoms. The summed E-state index contributed by atoms with van der Waals surface area (Å²) in [6, 6.07) is 5.23. The standard InChI is InChI=1S/C14H15BrN4O4/c1-8(2)23-11-4-9(15)3-10(5-11)16-13(20)7-19-6-12(14(21)22)17-18-19/h3-6,8H,7H2,1-2H3,(H,16,20)(H,21,22). The Bertz CT molecular complexity index is 729. The number of hydrogen-bond donors (Lipinski definition) is 2. The van der Waals surface area contributed by atoms with Crippen LogP contribution in [0.5, 0.6) is 5.75 Å². The number of nitrogens with one attached hydrogen (secondary N) is 1. The van der Waals surface area contributed by atoms with E-state index in [1.54, 1.807) is 18.2 Å². The second-order valence-corrected chi connectivity index (χ2v) is 5.91. The van der Waals surface area contributed by atoms with Crippen LogP contribution in [0.1, 0.15) is 24.3 Å². The summed E-state index contributed by atoms with van der Waals surface area (Å²) in [4.78, 5) is 22.7. The number of carboxylic acids is 1. The van der Waals surface area contributed by atoms with Gasteiger partial charge in [-0.05, 0) is 26.0 Å². The summed E-state index contributed by atoms with van der Waals surface area (Å²) in [5.41, 5.74) is 0.339. The van der Waals surface area contributed by atoms with Gasteiger partial charge in [0.15, 0.2) is 5.69 Å². The van der Waals surface area contributed by atoms with Gasteiger partial charge in [0.25, 0.3) is 0 Å². The number of aromatic nitrogens is 3. The molecule has 2 N–H and O–H groups in total. The normalized spacial score (nSPS) is 10.6. The van der Waals surface area contributed by atoms with Crippen molar-refractivity contribution in [2.24, 2.45) is 0 Å². The van der Waals surface area contributed by atoms with Gasteiger partial charge in [-0.2, -0.15) is 0 Å². The van der Waals surface area contributed by atoms with Crippen molar-refractivity contribution in [3.8, 4) is 5.75 Å². The Labute approximate surface area is 140 Å². The zero-order valence-electron chi connectivity index (χ0n) is 12.5. The number of halogens is 1. The third-order valence-corrected chi connectivity index (χ3v) is 3.05. The summed E-state index contributed by atoms with van der Waals surface area (Å²) in [6.45, 7) is 3.67. The van der Waals surface area contributed by atoms with Crippen LogP contribution in [0.15, 0.2) is 28.9 Å². The molecule has 0 saturated heterocycles. The zero-order chi connectivity index (χ0) is 17.0. The van der Waals surface area contributed by atoms with E-state index in [4.69, 9.17) is 9.84 Å². The number of anilines is 1. The van der Waals surface area contributed by atoms with E-state index in [9.17, 15) is 9.59 Å². The number of carboxylic acid groups (broad SMARTS) is 1. The Morgan fingerprint density at radius 1 is 1.39 bits per heavy atom. The fourth-order valence-electron chi connectivity index (χ4n) is 1.80. The van der Waals surface area contributed by atoms with E-state index in [0.29, 0.717) is 11.4 Å². The Morgan fingerprint density at radius 2 is 2.13 bits per heavy atom. The van der Waals surface area contributed by atoms with E-state index in [2.05, 4.69) is 31.6 Å². The van der Waals surface area contributed by atoms with E-state index in [0.717, 1.165) is 9.15 Å². The summed E-state index contributed by atoms with van der Waals surface area (Å²) < 4.78 is 7.51. The molecule has 122 valence electrons. The Hall–Kier alpha value is -2.42. The average Bonchev–Trinajstić information content (AvgIpc) is 2.85. The third-order valence-electron chi connectivity index (χ3n) is 2.59. The molecule has 2 aromatic rings. The average molecular weight is 383 g/mol. The van der Waals surface area contributed by atoms with Gasteiger partial charge in [0, 0.05) is 16.2 Å². The molecule has 1 aromatic heterocycles. The monoisotopic (exact) mass is 382 g/mol. The Balaban J connectivity index is 2.04. The lowest BCUT2D eigenvalue weighted by Gasteiger charge is -2.12. The van der Waals surface area contributed by atoms with Gasteiger partial charge < -0.3 is 15.2 Å². The van der Waals surface area contributed by atoms with E-state index >= 15 is 0 Å². The number of hydrogen-bond acceptors (Lipinski definition) is 5. The third kappa shape index (κ3) is 5.06. The highest BCUT2D eigenvalue weighted by atomic mass is 79.9. The second-order valence-electron chi connectivity index (χ2n) is 5.00. The van der Waals surface area contributed by atoms with Crippen molar-refractivity contribution in [1.82, 2.24) is 15.0 Å². The molecule has 0 aliphatic heterocycles. The van der Waals surface area contributed by atoms with Crippen molar-refractivity contribution in [1.29, 1.82) is 0 Å². The van der Waals surface area contributed by atoms with E-state index in [1.807, 2.05) is 13.8 Å². The van der Waals surface area contributed by atoms with E-state index < -0.39 is 5.97 Å². The molecular weight excluding hydrogens is 368 g/mol. The lowest BCUT2D eigenvalue weighted by atomic mass is 10.3. The topological polar surface area (TPSA) is 106 Å². The first-order valence-electron chi connectivity index (χ1n) is 6.74. The van der Waals surface area contributed by atoms with Crippen LogP contribution < -0.4 is 10.1 Å². The van der Waals surface area contributed by atoms with Crippen LogP contribution >= 0.6 is 15.9 Å². The number of carbonyl (C=O) groups is 2. The molecule has 0 aliphatic rings. The highest BCUT2D eigenvalue weighted by Crippen LogP contribution is 2.25. The minimum absolute atomic E-state index is 0.0115. The fourth-order valence-corrected chi connectivity index (χ4v) is 2.27. The van der Waals surface area contributed by atoms with Gasteiger partial charge in [0.2, 0.25) is 5.91 Å². The second kappa shape index (κ2) is 7.23. The van der Waals surface area contributed by atoms with Gasteiger partial charge in [-0.15, -0.1) is 5.10 Å². The molecule has 0 unspecified atom stereocenters. The highest BCUT2D eigenvalue weighted by molar-refractivity contribution is 9.10. The van der Waals surface area contributed by atoms with Gasteiger partial charge in [0.1, 0.15) is 12.3 Å². The Kier molecular flexibility index (Phi) is 5.32. The fraction of sp³-hybridized carbons (Fsp3) is 0.286. The minimum Gasteiger partial charge on any atom is -0.491 e. The van der Waals surface area contributed by atoms with Crippen molar-refractivity contribution in [3.63, 3.8) is 0 Å². The van der Waals surface area contributed by atoms with Gasteiger partial charge in [-0.1, -0.05) is 21.1 Å². The number of rotatable bonds is 6. The van der Waals surface area contributed by atoms with Crippen LogP contribution in [0, 0.1) is 0 Å². The Morgan fingerprint density at radius 3 is 2.74 bits per heavy atom. The molecule has 0 fully saturated rings. The molecule has 0 aliphatic carbocycles. The molecule has 1 amide bonds. The predicted molar refractivity (Wildman–Crippen MR) is 85.5 cm³/mol. The molecule has 1 heterocycles. The highest BCUT2D eigenvalue weighted by Gasteiger charge is 2.11. The summed E-state index contributed by atoms with van der Waals surface area (Å²) in [5.74, 6) is -0.932. The molecule has 0 bridgehead atoms. The first kappa shape index (κ1) is 16.9. The molecule has 0 radical (unpaired) electrons. The van der Waals surface area contributed by atoms with Gasteiger partial charge >= 0.3 is 5.97 Å². The maximum atomic E-state index is 12.0. The molecule has 2 rings (SSSR count). The largest absolute Gasteiger partial charge is 0.491 e. The number of amides is 1. The van der Waals surface area contributed by atoms with Crippen molar-refractivity contribution >= 4 is 33.5 Å². The predicted octanol–water partition coefficient (Wildman–Crippen LogP) is 2.16. The lowest BCUT2D eigenvalue weighted by Crippen LogP contribution is -2.19. The van der Waals surface area contributed by atoms with Crippen LogP contribution in [-0.2, 0) is 11.3 Å². The zero-order valence-corrected chi connectivity index (χ0v) is 14.1. The van der Waals surface area contributed by atoms with E-state index in [-0.39, 0.29) is 24.2 Å². The SMILES string of the molecule is CC(C)Oc1cc(Br)cc(NC(=O)Cn2cc(C(=O)O)nn2)c1. The summed E-state index contributed by atoms with van der Waals surface area (Å²) in [7, 11) is 0. The molecular formula is C14H15BrN4O4. The summed E-state index contributed by atoms with van der Waals surface area (Å²) >= 11 is 3.35. The molecule has 8 nitrogen and oxygen atoms in total. The van der Waals surface area contributed by atoms with Crippen LogP contribution in [0.3, 0.4) is 0 Å². The van der Waals surface area contributed by atoms with Crippen molar-refractivity contribution in [3.05, 3.63) is 34.6 Å². The van der Waals surface area contributed by atoms with Crippen molar-refractivity contribution in [2.45, 2.75) is 26.5 Å². The van der Waals surface area contributed by atoms with Crippen LogP contribution in [0.25, 0.3) is 0 Å². The molecule has 0 spiro atoms. The molecule has 9 heteroatoms. The number of ether oxygens (including phenoxy) is 1. The number of aromatic carboxylic acids is 1. The maximum absolute atomic E-state index is 12.0. The molecule has 1 aromatic carbocycles. The molecule has 0 saturated carbocycles. The van der Waals surface area contributed by atoms with Gasteiger partial charge in [-0.3, -0.25) is 4.79 Å². The number of carbonyl (C=O) groups excluding carboxylic acids is 1. The van der Waals surface area contributed by atoms with Crippen LogP contribution in [0.4, 0.5) is 5.69 Å². The van der Waals surface area contributed by atoms with Gasteiger partial charge in [-0.25, -0.2) is 9.48 Å². The van der Waals surface area contributed by atoms with Crippen molar-refractivity contribution < 1.29 is 19.4 Å². The van der Waals surface area contributed by atoms with Crippen LogP contribution in [0.2, 0.25) is 0 Å². The molecule has 0 atom stereocenters. The number of benzene rings is 1. The first-order valence-corrected chi connectivity index (χ1v) is 7.53. The van der Waals surface area contributed by atoms with E-state index in [1.165, 1.54) is 6.20 Å². The smallest absolute Gasteiger partial charge is 0.358 e.